The fraction of sp³-hybridized carbons (Fsp3) is 0.222. The number of hydrogen-bond donors (Lipinski definition) is 2. The molecule has 0 aliphatic heterocycles. The zero-order chi connectivity index (χ0) is 12.1. The first kappa shape index (κ1) is 13.3. The summed E-state index contributed by atoms with van der Waals surface area (Å²) >= 11 is 5.79. The topological polar surface area (TPSA) is 75.6 Å². The molecule has 7 heteroatoms. The zero-order valence-electron chi connectivity index (χ0n) is 8.40. The molecule has 2 N–H and O–H groups in total. The molecule has 0 aromatic heterocycles. The standard InChI is InChI=1S/C9H10ClNO4S/c1-15-5-6-2-3-8(10)7(4-6)9(12)16(14)11-13/h2-4,11,13H,5H2,1H3. The van der Waals surface area contributed by atoms with Gasteiger partial charge in [0, 0.05) is 7.11 Å². The molecule has 0 radical (unpaired) electrons. The van der Waals surface area contributed by atoms with E-state index in [4.69, 9.17) is 21.5 Å². The van der Waals surface area contributed by atoms with Gasteiger partial charge in [-0.3, -0.25) is 4.79 Å². The number of carbonyl (C=O) groups is 1. The molecule has 0 saturated carbocycles. The monoisotopic (exact) mass is 263 g/mol. The van der Waals surface area contributed by atoms with E-state index in [1.54, 1.807) is 6.07 Å². The Kier molecular flexibility index (Phi) is 5.04. The van der Waals surface area contributed by atoms with Crippen molar-refractivity contribution in [2.75, 3.05) is 7.11 Å². The average Bonchev–Trinajstić information content (AvgIpc) is 2.30. The van der Waals surface area contributed by atoms with Crippen molar-refractivity contribution >= 4 is 27.7 Å². The summed E-state index contributed by atoms with van der Waals surface area (Å²) < 4.78 is 15.9. The number of nitrogens with one attached hydrogen (secondary N) is 1. The van der Waals surface area contributed by atoms with Gasteiger partial charge in [0.1, 0.15) is 0 Å². The molecule has 0 fully saturated rings. The first-order valence-corrected chi connectivity index (χ1v) is 5.76. The summed E-state index contributed by atoms with van der Waals surface area (Å²) in [6, 6.07) is 4.68. The minimum atomic E-state index is -2.20. The van der Waals surface area contributed by atoms with Gasteiger partial charge in [0.15, 0.2) is 11.0 Å². The molecule has 1 atom stereocenters. The predicted molar refractivity (Wildman–Crippen MR) is 59.6 cm³/mol. The fourth-order valence-electron chi connectivity index (χ4n) is 1.13. The van der Waals surface area contributed by atoms with Crippen molar-refractivity contribution in [1.29, 1.82) is 0 Å². The molecule has 1 aromatic rings. The Balaban J connectivity index is 3.06. The molecule has 0 saturated heterocycles. The van der Waals surface area contributed by atoms with Crippen LogP contribution in [0.3, 0.4) is 0 Å². The van der Waals surface area contributed by atoms with Crippen LogP contribution in [-0.2, 0) is 22.3 Å². The average molecular weight is 264 g/mol. The summed E-state index contributed by atoms with van der Waals surface area (Å²) in [6.45, 7) is 0.316. The second kappa shape index (κ2) is 6.07. The molecule has 0 bridgehead atoms. The molecule has 1 unspecified atom stereocenters. The molecule has 0 amide bonds. The minimum absolute atomic E-state index is 0.0797. The summed E-state index contributed by atoms with van der Waals surface area (Å²) in [5, 5.41) is 7.78. The Morgan fingerprint density at radius 2 is 2.31 bits per heavy atom. The molecule has 0 aliphatic carbocycles. The van der Waals surface area contributed by atoms with Crippen molar-refractivity contribution in [2.45, 2.75) is 6.61 Å². The number of halogens is 1. The van der Waals surface area contributed by atoms with E-state index in [-0.39, 0.29) is 10.6 Å². The minimum Gasteiger partial charge on any atom is -0.380 e. The second-order valence-corrected chi connectivity index (χ2v) is 4.39. The Bertz CT molecular complexity index is 424. The molecule has 0 aliphatic rings. The van der Waals surface area contributed by atoms with Crippen LogP contribution in [0.2, 0.25) is 5.02 Å². The van der Waals surface area contributed by atoms with Crippen molar-refractivity contribution in [3.05, 3.63) is 34.3 Å². The number of ether oxygens (including phenoxy) is 1. The Hall–Kier alpha value is -0.790. The van der Waals surface area contributed by atoms with Crippen molar-refractivity contribution < 1.29 is 18.9 Å². The lowest BCUT2D eigenvalue weighted by atomic mass is 10.1. The van der Waals surface area contributed by atoms with Gasteiger partial charge in [-0.15, -0.1) is 4.89 Å². The van der Waals surface area contributed by atoms with E-state index in [2.05, 4.69) is 0 Å². The Morgan fingerprint density at radius 3 is 2.88 bits per heavy atom. The van der Waals surface area contributed by atoms with Crippen LogP contribution in [0.15, 0.2) is 18.2 Å². The predicted octanol–water partition coefficient (Wildman–Crippen LogP) is 1.27. The van der Waals surface area contributed by atoms with Crippen LogP contribution < -0.4 is 4.89 Å². The first-order valence-electron chi connectivity index (χ1n) is 4.23. The highest BCUT2D eigenvalue weighted by atomic mass is 35.5. The highest BCUT2D eigenvalue weighted by Crippen LogP contribution is 2.19. The van der Waals surface area contributed by atoms with Crippen molar-refractivity contribution in [3.63, 3.8) is 0 Å². The van der Waals surface area contributed by atoms with E-state index < -0.39 is 16.1 Å². The van der Waals surface area contributed by atoms with Crippen LogP contribution >= 0.6 is 11.6 Å². The van der Waals surface area contributed by atoms with Crippen LogP contribution in [0, 0.1) is 0 Å². The largest absolute Gasteiger partial charge is 0.380 e. The van der Waals surface area contributed by atoms with E-state index >= 15 is 0 Å². The lowest BCUT2D eigenvalue weighted by Gasteiger charge is -2.05. The molecular weight excluding hydrogens is 254 g/mol. The summed E-state index contributed by atoms with van der Waals surface area (Å²) in [6.07, 6.45) is 0. The normalized spacial score (nSPS) is 12.4. The highest BCUT2D eigenvalue weighted by Gasteiger charge is 2.17. The number of carbonyl (C=O) groups excluding carboxylic acids is 1. The van der Waals surface area contributed by atoms with Gasteiger partial charge in [0.25, 0.3) is 5.12 Å². The fourth-order valence-corrected chi connectivity index (χ4v) is 1.84. The third-order valence-electron chi connectivity index (χ3n) is 1.81. The van der Waals surface area contributed by atoms with Gasteiger partial charge in [-0.25, -0.2) is 4.21 Å². The van der Waals surface area contributed by atoms with E-state index in [9.17, 15) is 9.00 Å². The van der Waals surface area contributed by atoms with Gasteiger partial charge < -0.3 is 9.94 Å². The first-order chi connectivity index (χ1) is 7.60. The third-order valence-corrected chi connectivity index (χ3v) is 2.87. The maximum absolute atomic E-state index is 11.5. The van der Waals surface area contributed by atoms with Gasteiger partial charge in [0.2, 0.25) is 0 Å². The molecule has 5 nitrogen and oxygen atoms in total. The molecule has 1 rings (SSSR count). The maximum Gasteiger partial charge on any atom is 0.267 e. The van der Waals surface area contributed by atoms with E-state index in [1.165, 1.54) is 24.1 Å². The summed E-state index contributed by atoms with van der Waals surface area (Å²) in [4.78, 5) is 12.9. The number of methoxy groups -OCH3 is 1. The summed E-state index contributed by atoms with van der Waals surface area (Å²) in [5.41, 5.74) is 0.807. The van der Waals surface area contributed by atoms with Gasteiger partial charge >= 0.3 is 0 Å². The Labute approximate surface area is 99.9 Å². The van der Waals surface area contributed by atoms with E-state index in [0.29, 0.717) is 6.61 Å². The summed E-state index contributed by atoms with van der Waals surface area (Å²) in [7, 11) is -0.686. The number of rotatable bonds is 4. The maximum atomic E-state index is 11.5. The number of benzene rings is 1. The van der Waals surface area contributed by atoms with Crippen LogP contribution in [-0.4, -0.2) is 21.6 Å². The van der Waals surface area contributed by atoms with Crippen LogP contribution in [0.1, 0.15) is 15.9 Å². The molecule has 0 spiro atoms. The second-order valence-electron chi connectivity index (χ2n) is 2.89. The molecular formula is C9H10ClNO4S. The van der Waals surface area contributed by atoms with Crippen LogP contribution in [0.25, 0.3) is 0 Å². The lowest BCUT2D eigenvalue weighted by Crippen LogP contribution is -2.21. The lowest BCUT2D eigenvalue weighted by molar-refractivity contribution is 0.107. The smallest absolute Gasteiger partial charge is 0.267 e. The Morgan fingerprint density at radius 1 is 1.62 bits per heavy atom. The van der Waals surface area contributed by atoms with Gasteiger partial charge in [-0.05, 0) is 17.7 Å². The van der Waals surface area contributed by atoms with E-state index in [1.807, 2.05) is 0 Å². The van der Waals surface area contributed by atoms with Gasteiger partial charge in [-0.2, -0.15) is 0 Å². The molecule has 1 aromatic carbocycles. The van der Waals surface area contributed by atoms with Crippen molar-refractivity contribution in [1.82, 2.24) is 4.89 Å². The third kappa shape index (κ3) is 3.10. The SMILES string of the molecule is COCc1ccc(Cl)c(C(=O)S(=O)NO)c1. The van der Waals surface area contributed by atoms with Crippen LogP contribution in [0.4, 0.5) is 0 Å². The van der Waals surface area contributed by atoms with Crippen LogP contribution in [0.5, 0.6) is 0 Å². The molecule has 16 heavy (non-hydrogen) atoms. The highest BCUT2D eigenvalue weighted by molar-refractivity contribution is 7.99. The van der Waals surface area contributed by atoms with Gasteiger partial charge in [-0.1, -0.05) is 17.7 Å². The van der Waals surface area contributed by atoms with Crippen molar-refractivity contribution in [2.24, 2.45) is 0 Å². The van der Waals surface area contributed by atoms with Gasteiger partial charge in [0.05, 0.1) is 17.2 Å². The summed E-state index contributed by atoms with van der Waals surface area (Å²) in [5.74, 6) is 0. The quantitative estimate of drug-likeness (QED) is 0.802. The van der Waals surface area contributed by atoms with Crippen molar-refractivity contribution in [3.8, 4) is 0 Å². The number of hydrogen-bond acceptors (Lipinski definition) is 4. The zero-order valence-corrected chi connectivity index (χ0v) is 9.97. The molecule has 0 heterocycles. The molecule has 88 valence electrons. The van der Waals surface area contributed by atoms with E-state index in [0.717, 1.165) is 5.56 Å².